The van der Waals surface area contributed by atoms with E-state index in [4.69, 9.17) is 9.26 Å². The number of aryl methyl sites for hydroxylation is 1. The van der Waals surface area contributed by atoms with Crippen LogP contribution in [-0.2, 0) is 23.4 Å². The number of benzene rings is 2. The van der Waals surface area contributed by atoms with Crippen molar-refractivity contribution < 1.29 is 18.8 Å². The molecule has 4 aromatic rings. The Hall–Kier alpha value is -3.36. The topological polar surface area (TPSA) is 86.2 Å². The molecule has 0 aliphatic carbocycles. The van der Waals surface area contributed by atoms with Crippen LogP contribution in [0.1, 0.15) is 49.1 Å². The van der Waals surface area contributed by atoms with Crippen LogP contribution in [0.15, 0.2) is 59.1 Å². The predicted molar refractivity (Wildman–Crippen MR) is 134 cm³/mol. The molecule has 36 heavy (non-hydrogen) atoms. The van der Waals surface area contributed by atoms with Gasteiger partial charge in [-0.2, -0.15) is 10.1 Å². The number of aromatic nitrogens is 4. The quantitative estimate of drug-likeness (QED) is 0.381. The fraction of sp³-hybridized carbons (Fsp3) is 0.393. The highest BCUT2D eigenvalue weighted by molar-refractivity contribution is 5.58. The Morgan fingerprint density at radius 3 is 2.50 bits per heavy atom. The van der Waals surface area contributed by atoms with Crippen LogP contribution < -0.4 is 0 Å². The SMILES string of the molecule is Cc1cc(-c2nc(-c3ccc(C4(F)CCOCC4)cc3)no2)nn1Cc1cccc(CC(C)(C)O)c1. The molecule has 0 radical (unpaired) electrons. The Morgan fingerprint density at radius 1 is 1.06 bits per heavy atom. The number of hydrogen-bond acceptors (Lipinski definition) is 6. The number of rotatable bonds is 7. The van der Waals surface area contributed by atoms with Crippen LogP contribution in [0.3, 0.4) is 0 Å². The Balaban J connectivity index is 1.31. The first-order valence-corrected chi connectivity index (χ1v) is 12.2. The molecule has 0 spiro atoms. The van der Waals surface area contributed by atoms with Gasteiger partial charge in [-0.3, -0.25) is 4.68 Å². The number of alkyl halides is 1. The minimum absolute atomic E-state index is 0.332. The zero-order chi connectivity index (χ0) is 25.3. The second kappa shape index (κ2) is 9.59. The van der Waals surface area contributed by atoms with E-state index in [1.165, 1.54) is 0 Å². The predicted octanol–water partition coefficient (Wildman–Crippen LogP) is 5.25. The standard InChI is InChI=1S/C28H31FN4O3/c1-19-15-24(31-33(19)18-21-6-4-5-20(16-21)17-27(2,3)34)26-30-25(32-36-26)22-7-9-23(10-8-22)28(29)11-13-35-14-12-28/h4-10,15-16,34H,11-14,17-18H2,1-3H3. The molecule has 2 aromatic heterocycles. The number of ether oxygens (including phenoxy) is 1. The number of nitrogens with zero attached hydrogens (tertiary/aromatic N) is 4. The zero-order valence-electron chi connectivity index (χ0n) is 20.9. The van der Waals surface area contributed by atoms with Gasteiger partial charge in [0.05, 0.1) is 12.1 Å². The number of aliphatic hydroxyl groups is 1. The first kappa shape index (κ1) is 24.3. The minimum Gasteiger partial charge on any atom is -0.390 e. The second-order valence-electron chi connectivity index (χ2n) is 10.2. The van der Waals surface area contributed by atoms with E-state index in [2.05, 4.69) is 21.3 Å². The number of hydrogen-bond donors (Lipinski definition) is 1. The average molecular weight is 491 g/mol. The third kappa shape index (κ3) is 5.39. The van der Waals surface area contributed by atoms with E-state index >= 15 is 4.39 Å². The zero-order valence-corrected chi connectivity index (χ0v) is 20.9. The second-order valence-corrected chi connectivity index (χ2v) is 10.2. The smallest absolute Gasteiger partial charge is 0.278 e. The molecule has 1 aliphatic heterocycles. The maximum absolute atomic E-state index is 15.2. The monoisotopic (exact) mass is 490 g/mol. The summed E-state index contributed by atoms with van der Waals surface area (Å²) < 4.78 is 27.9. The van der Waals surface area contributed by atoms with Gasteiger partial charge in [0.15, 0.2) is 5.69 Å². The van der Waals surface area contributed by atoms with Crippen molar-refractivity contribution >= 4 is 0 Å². The molecule has 3 heterocycles. The van der Waals surface area contributed by atoms with Crippen LogP contribution in [0.25, 0.3) is 23.0 Å². The van der Waals surface area contributed by atoms with Gasteiger partial charge in [-0.25, -0.2) is 4.39 Å². The van der Waals surface area contributed by atoms with Gasteiger partial charge in [-0.15, -0.1) is 0 Å². The van der Waals surface area contributed by atoms with Gasteiger partial charge in [0.2, 0.25) is 5.82 Å². The summed E-state index contributed by atoms with van der Waals surface area (Å²) in [7, 11) is 0. The van der Waals surface area contributed by atoms with E-state index < -0.39 is 11.3 Å². The molecule has 0 unspecified atom stereocenters. The van der Waals surface area contributed by atoms with Crippen molar-refractivity contribution in [1.82, 2.24) is 19.9 Å². The Kier molecular flexibility index (Phi) is 6.49. The molecule has 1 fully saturated rings. The lowest BCUT2D eigenvalue weighted by atomic mass is 9.88. The molecule has 0 atom stereocenters. The molecule has 2 aromatic carbocycles. The van der Waals surface area contributed by atoms with Gasteiger partial charge in [0.25, 0.3) is 5.89 Å². The maximum atomic E-state index is 15.2. The Morgan fingerprint density at radius 2 is 1.78 bits per heavy atom. The van der Waals surface area contributed by atoms with Gasteiger partial charge in [0.1, 0.15) is 5.67 Å². The van der Waals surface area contributed by atoms with Crippen molar-refractivity contribution in [3.8, 4) is 23.0 Å². The lowest BCUT2D eigenvalue weighted by Gasteiger charge is -2.29. The summed E-state index contributed by atoms with van der Waals surface area (Å²) in [6, 6.07) is 17.3. The highest BCUT2D eigenvalue weighted by Gasteiger charge is 2.34. The molecule has 1 N–H and O–H groups in total. The number of halogens is 1. The van der Waals surface area contributed by atoms with E-state index in [1.54, 1.807) is 26.0 Å². The van der Waals surface area contributed by atoms with Crippen molar-refractivity contribution in [3.05, 3.63) is 77.0 Å². The summed E-state index contributed by atoms with van der Waals surface area (Å²) in [5.74, 6) is 0.765. The molecule has 1 saturated heterocycles. The molecule has 0 bridgehead atoms. The molecular formula is C28H31FN4O3. The normalized spacial score (nSPS) is 15.8. The lowest BCUT2D eigenvalue weighted by Crippen LogP contribution is -2.29. The van der Waals surface area contributed by atoms with E-state index in [1.807, 2.05) is 48.0 Å². The Labute approximate surface area is 209 Å². The van der Waals surface area contributed by atoms with Crippen LogP contribution in [0.2, 0.25) is 0 Å². The van der Waals surface area contributed by atoms with E-state index in [9.17, 15) is 5.11 Å². The van der Waals surface area contributed by atoms with Crippen LogP contribution in [0, 0.1) is 6.92 Å². The van der Waals surface area contributed by atoms with Crippen molar-refractivity contribution in [1.29, 1.82) is 0 Å². The van der Waals surface area contributed by atoms with Gasteiger partial charge in [0, 0.05) is 43.7 Å². The highest BCUT2D eigenvalue weighted by atomic mass is 19.1. The van der Waals surface area contributed by atoms with E-state index in [0.29, 0.717) is 62.0 Å². The van der Waals surface area contributed by atoms with Crippen molar-refractivity contribution in [2.24, 2.45) is 0 Å². The summed E-state index contributed by atoms with van der Waals surface area (Å²) in [4.78, 5) is 4.53. The van der Waals surface area contributed by atoms with Crippen LogP contribution >= 0.6 is 0 Å². The molecule has 0 saturated carbocycles. The van der Waals surface area contributed by atoms with Gasteiger partial charge in [-0.05, 0) is 43.5 Å². The van der Waals surface area contributed by atoms with E-state index in [0.717, 1.165) is 22.4 Å². The molecule has 188 valence electrons. The van der Waals surface area contributed by atoms with E-state index in [-0.39, 0.29) is 0 Å². The first-order valence-electron chi connectivity index (χ1n) is 12.2. The maximum Gasteiger partial charge on any atom is 0.278 e. The molecule has 8 heteroatoms. The van der Waals surface area contributed by atoms with Gasteiger partial charge >= 0.3 is 0 Å². The minimum atomic E-state index is -1.35. The highest BCUT2D eigenvalue weighted by Crippen LogP contribution is 2.37. The van der Waals surface area contributed by atoms with Gasteiger partial charge < -0.3 is 14.4 Å². The van der Waals surface area contributed by atoms with Crippen LogP contribution in [-0.4, -0.2) is 43.8 Å². The molecule has 0 amide bonds. The summed E-state index contributed by atoms with van der Waals surface area (Å²) in [6.45, 7) is 7.05. The van der Waals surface area contributed by atoms with Crippen LogP contribution in [0.5, 0.6) is 0 Å². The van der Waals surface area contributed by atoms with Crippen molar-refractivity contribution in [3.63, 3.8) is 0 Å². The summed E-state index contributed by atoms with van der Waals surface area (Å²) >= 11 is 0. The summed E-state index contributed by atoms with van der Waals surface area (Å²) in [5, 5.41) is 18.9. The van der Waals surface area contributed by atoms with Crippen molar-refractivity contribution in [2.45, 2.75) is 57.8 Å². The third-order valence-electron chi connectivity index (χ3n) is 6.53. The molecular weight excluding hydrogens is 459 g/mol. The lowest BCUT2D eigenvalue weighted by molar-refractivity contribution is -0.0114. The fourth-order valence-corrected chi connectivity index (χ4v) is 4.63. The Bertz CT molecular complexity index is 1330. The van der Waals surface area contributed by atoms with Gasteiger partial charge in [-0.1, -0.05) is 53.7 Å². The first-order chi connectivity index (χ1) is 17.2. The summed E-state index contributed by atoms with van der Waals surface area (Å²) in [5.41, 5.74) is 3.03. The molecule has 5 rings (SSSR count). The third-order valence-corrected chi connectivity index (χ3v) is 6.53. The molecule has 1 aliphatic rings. The average Bonchev–Trinajstić information content (AvgIpc) is 3.46. The summed E-state index contributed by atoms with van der Waals surface area (Å²) in [6.07, 6.45) is 1.31. The molecule has 7 nitrogen and oxygen atoms in total. The van der Waals surface area contributed by atoms with Crippen LogP contribution in [0.4, 0.5) is 4.39 Å². The van der Waals surface area contributed by atoms with Crippen molar-refractivity contribution in [2.75, 3.05) is 13.2 Å². The largest absolute Gasteiger partial charge is 0.390 e. The fourth-order valence-electron chi connectivity index (χ4n) is 4.63.